The lowest BCUT2D eigenvalue weighted by Crippen LogP contribution is -2.24. The third-order valence-corrected chi connectivity index (χ3v) is 5.41. The van der Waals surface area contributed by atoms with Crippen LogP contribution in [0, 0.1) is 0 Å². The van der Waals surface area contributed by atoms with Crippen molar-refractivity contribution in [1.82, 2.24) is 4.98 Å². The largest absolute Gasteiger partial charge is 0.496 e. The van der Waals surface area contributed by atoms with Crippen LogP contribution in [-0.2, 0) is 11.2 Å². The molecule has 6 heteroatoms. The number of carbonyl (C=O) groups is 2. The molecule has 3 aromatic rings. The molecule has 0 saturated heterocycles. The highest BCUT2D eigenvalue weighted by atomic mass is 16.5. The first kappa shape index (κ1) is 23.0. The Hall–Kier alpha value is -3.67. The third kappa shape index (κ3) is 5.32. The molecule has 2 aromatic carbocycles. The van der Waals surface area contributed by atoms with Gasteiger partial charge in [0.25, 0.3) is 0 Å². The van der Waals surface area contributed by atoms with Gasteiger partial charge in [-0.25, -0.2) is 4.98 Å². The van der Waals surface area contributed by atoms with Crippen LogP contribution in [0.25, 0.3) is 11.1 Å². The Morgan fingerprint density at radius 1 is 0.969 bits per heavy atom. The number of ketones is 1. The highest BCUT2D eigenvalue weighted by Gasteiger charge is 2.13. The van der Waals surface area contributed by atoms with Crippen molar-refractivity contribution < 1.29 is 19.1 Å². The molecule has 0 N–H and O–H groups in total. The Balaban J connectivity index is 1.73. The standard InChI is InChI=1S/C26H28N2O4/c1-5-26(30)28(2)21-11-8-19(9-12-21)22-13-10-20(16-24(22)31-3)23(29)14-6-18-7-15-25(32-4)27-17-18/h7-13,15-17H,5-6,14H2,1-4H3. The summed E-state index contributed by atoms with van der Waals surface area (Å²) in [4.78, 5) is 30.5. The molecule has 0 aliphatic heterocycles. The van der Waals surface area contributed by atoms with Crippen LogP contribution in [0.1, 0.15) is 35.7 Å². The number of methoxy groups -OCH3 is 2. The van der Waals surface area contributed by atoms with E-state index in [9.17, 15) is 9.59 Å². The monoisotopic (exact) mass is 432 g/mol. The van der Waals surface area contributed by atoms with E-state index in [4.69, 9.17) is 9.47 Å². The van der Waals surface area contributed by atoms with E-state index >= 15 is 0 Å². The molecule has 1 amide bonds. The molecule has 166 valence electrons. The number of Topliss-reactive ketones (excluding diaryl/α,β-unsaturated/α-hetero) is 1. The Bertz CT molecular complexity index is 1080. The number of aromatic nitrogens is 1. The van der Waals surface area contributed by atoms with Crippen molar-refractivity contribution in [3.8, 4) is 22.8 Å². The average Bonchev–Trinajstić information content (AvgIpc) is 2.86. The van der Waals surface area contributed by atoms with Gasteiger partial charge >= 0.3 is 0 Å². The van der Waals surface area contributed by atoms with E-state index in [0.29, 0.717) is 36.5 Å². The normalized spacial score (nSPS) is 10.5. The van der Waals surface area contributed by atoms with Gasteiger partial charge in [-0.3, -0.25) is 9.59 Å². The lowest BCUT2D eigenvalue weighted by atomic mass is 9.98. The number of hydrogen-bond donors (Lipinski definition) is 0. The maximum atomic E-state index is 12.7. The summed E-state index contributed by atoms with van der Waals surface area (Å²) in [6.45, 7) is 1.84. The predicted octanol–water partition coefficient (Wildman–Crippen LogP) is 4.95. The van der Waals surface area contributed by atoms with E-state index in [1.807, 2.05) is 49.4 Å². The highest BCUT2D eigenvalue weighted by molar-refractivity contribution is 5.97. The first-order valence-corrected chi connectivity index (χ1v) is 10.5. The van der Waals surface area contributed by atoms with Crippen LogP contribution in [0.2, 0.25) is 0 Å². The van der Waals surface area contributed by atoms with Crippen molar-refractivity contribution in [3.63, 3.8) is 0 Å². The van der Waals surface area contributed by atoms with Gasteiger partial charge < -0.3 is 14.4 Å². The van der Waals surface area contributed by atoms with Crippen LogP contribution in [0.5, 0.6) is 11.6 Å². The molecule has 6 nitrogen and oxygen atoms in total. The summed E-state index contributed by atoms with van der Waals surface area (Å²) in [6.07, 6.45) is 3.16. The number of nitrogens with zero attached hydrogens (tertiary/aromatic N) is 2. The molecule has 1 aromatic heterocycles. The number of rotatable bonds is 9. The first-order chi connectivity index (χ1) is 15.5. The number of benzene rings is 2. The summed E-state index contributed by atoms with van der Waals surface area (Å²) < 4.78 is 10.6. The maximum Gasteiger partial charge on any atom is 0.226 e. The lowest BCUT2D eigenvalue weighted by molar-refractivity contribution is -0.118. The molecular formula is C26H28N2O4. The number of ether oxygens (including phenoxy) is 2. The van der Waals surface area contributed by atoms with Crippen LogP contribution in [0.3, 0.4) is 0 Å². The van der Waals surface area contributed by atoms with E-state index in [0.717, 1.165) is 22.4 Å². The van der Waals surface area contributed by atoms with Gasteiger partial charge in [-0.05, 0) is 41.8 Å². The van der Waals surface area contributed by atoms with Crippen LogP contribution in [0.15, 0.2) is 60.8 Å². The number of aryl methyl sites for hydroxylation is 1. The topological polar surface area (TPSA) is 68.7 Å². The minimum atomic E-state index is 0.0423. The Morgan fingerprint density at radius 2 is 1.72 bits per heavy atom. The molecule has 0 aliphatic carbocycles. The second kappa shape index (κ2) is 10.6. The summed E-state index contributed by atoms with van der Waals surface area (Å²) >= 11 is 0. The average molecular weight is 433 g/mol. The molecule has 1 heterocycles. The van der Waals surface area contributed by atoms with Crippen molar-refractivity contribution in [2.75, 3.05) is 26.2 Å². The summed E-state index contributed by atoms with van der Waals surface area (Å²) in [5.41, 5.74) is 4.26. The third-order valence-electron chi connectivity index (χ3n) is 5.41. The van der Waals surface area contributed by atoms with Gasteiger partial charge in [0.1, 0.15) is 5.75 Å². The fourth-order valence-corrected chi connectivity index (χ4v) is 3.43. The minimum Gasteiger partial charge on any atom is -0.496 e. The van der Waals surface area contributed by atoms with Gasteiger partial charge in [-0.1, -0.05) is 31.2 Å². The van der Waals surface area contributed by atoms with E-state index in [-0.39, 0.29) is 11.7 Å². The molecule has 0 aliphatic rings. The van der Waals surface area contributed by atoms with Crippen LogP contribution in [-0.4, -0.2) is 37.9 Å². The summed E-state index contributed by atoms with van der Waals surface area (Å²) in [5.74, 6) is 1.29. The summed E-state index contributed by atoms with van der Waals surface area (Å²) in [5, 5.41) is 0. The molecule has 0 atom stereocenters. The van der Waals surface area contributed by atoms with Gasteiger partial charge in [0.05, 0.1) is 14.2 Å². The second-order valence-corrected chi connectivity index (χ2v) is 7.40. The Morgan fingerprint density at radius 3 is 2.31 bits per heavy atom. The van der Waals surface area contributed by atoms with Crippen LogP contribution >= 0.6 is 0 Å². The number of anilines is 1. The molecule has 0 unspecified atom stereocenters. The lowest BCUT2D eigenvalue weighted by Gasteiger charge is -2.17. The predicted molar refractivity (Wildman–Crippen MR) is 126 cm³/mol. The fourth-order valence-electron chi connectivity index (χ4n) is 3.43. The zero-order chi connectivity index (χ0) is 23.1. The van der Waals surface area contributed by atoms with E-state index in [1.54, 1.807) is 44.5 Å². The molecule has 3 rings (SSSR count). The molecule has 0 radical (unpaired) electrons. The molecule has 0 bridgehead atoms. The summed E-state index contributed by atoms with van der Waals surface area (Å²) in [7, 11) is 4.94. The highest BCUT2D eigenvalue weighted by Crippen LogP contribution is 2.32. The first-order valence-electron chi connectivity index (χ1n) is 10.5. The fraction of sp³-hybridized carbons (Fsp3) is 0.269. The van der Waals surface area contributed by atoms with Gasteiger partial charge in [0.2, 0.25) is 11.8 Å². The van der Waals surface area contributed by atoms with Crippen molar-refractivity contribution in [3.05, 3.63) is 71.9 Å². The molecule has 32 heavy (non-hydrogen) atoms. The van der Waals surface area contributed by atoms with Gasteiger partial charge in [-0.2, -0.15) is 0 Å². The van der Waals surface area contributed by atoms with Crippen molar-refractivity contribution in [2.24, 2.45) is 0 Å². The molecule has 0 fully saturated rings. The van der Waals surface area contributed by atoms with Crippen molar-refractivity contribution >= 4 is 17.4 Å². The van der Waals surface area contributed by atoms with Gasteiger partial charge in [0.15, 0.2) is 5.78 Å². The van der Waals surface area contributed by atoms with E-state index in [2.05, 4.69) is 4.98 Å². The van der Waals surface area contributed by atoms with Crippen LogP contribution < -0.4 is 14.4 Å². The van der Waals surface area contributed by atoms with E-state index in [1.165, 1.54) is 0 Å². The zero-order valence-electron chi connectivity index (χ0n) is 18.9. The zero-order valence-corrected chi connectivity index (χ0v) is 18.9. The Labute approximate surface area is 188 Å². The number of carbonyl (C=O) groups excluding carboxylic acids is 2. The van der Waals surface area contributed by atoms with Gasteiger partial charge in [0, 0.05) is 49.0 Å². The van der Waals surface area contributed by atoms with Crippen LogP contribution in [0.4, 0.5) is 5.69 Å². The number of amides is 1. The Kier molecular flexibility index (Phi) is 7.60. The van der Waals surface area contributed by atoms with Gasteiger partial charge in [-0.15, -0.1) is 0 Å². The quantitative estimate of drug-likeness (QED) is 0.447. The second-order valence-electron chi connectivity index (χ2n) is 7.40. The van der Waals surface area contributed by atoms with Crippen molar-refractivity contribution in [2.45, 2.75) is 26.2 Å². The molecular weight excluding hydrogens is 404 g/mol. The maximum absolute atomic E-state index is 12.7. The number of pyridine rings is 1. The molecule has 0 spiro atoms. The van der Waals surface area contributed by atoms with Crippen molar-refractivity contribution in [1.29, 1.82) is 0 Å². The summed E-state index contributed by atoms with van der Waals surface area (Å²) in [6, 6.07) is 16.9. The molecule has 0 saturated carbocycles. The van der Waals surface area contributed by atoms with E-state index < -0.39 is 0 Å². The minimum absolute atomic E-state index is 0.0423. The number of hydrogen-bond acceptors (Lipinski definition) is 5. The SMILES string of the molecule is CCC(=O)N(C)c1ccc(-c2ccc(C(=O)CCc3ccc(OC)nc3)cc2OC)cc1. The smallest absolute Gasteiger partial charge is 0.226 e.